The van der Waals surface area contributed by atoms with Crippen LogP contribution in [0.25, 0.3) is 0 Å². The maximum absolute atomic E-state index is 11.9. The summed E-state index contributed by atoms with van der Waals surface area (Å²) in [5.41, 5.74) is 6.61. The Labute approximate surface area is 120 Å². The molecule has 0 fully saturated rings. The summed E-state index contributed by atoms with van der Waals surface area (Å²) < 4.78 is 6.29. The maximum atomic E-state index is 11.9. The van der Waals surface area contributed by atoms with E-state index in [1.54, 1.807) is 18.2 Å². The molecule has 0 aliphatic rings. The largest absolute Gasteiger partial charge is 0.484 e. The van der Waals surface area contributed by atoms with Gasteiger partial charge in [0, 0.05) is 5.02 Å². The zero-order chi connectivity index (χ0) is 14.7. The summed E-state index contributed by atoms with van der Waals surface area (Å²) in [7, 11) is 0. The standard InChI is InChI=1S/C13H11ClN4O2/c1-8-4-10(2-3-11(8)14)20-7-12(19)18-13(16)9(5-15)6-17-18/h2-4,6H,7,16H2,1H3. The van der Waals surface area contributed by atoms with Crippen molar-refractivity contribution in [1.82, 2.24) is 9.78 Å². The monoisotopic (exact) mass is 290 g/mol. The lowest BCUT2D eigenvalue weighted by Gasteiger charge is -2.07. The summed E-state index contributed by atoms with van der Waals surface area (Å²) in [5, 5.41) is 13.1. The fraction of sp³-hybridized carbons (Fsp3) is 0.154. The molecular formula is C13H11ClN4O2. The van der Waals surface area contributed by atoms with Crippen molar-refractivity contribution in [2.45, 2.75) is 6.92 Å². The predicted molar refractivity (Wildman–Crippen MR) is 73.7 cm³/mol. The first-order chi connectivity index (χ1) is 9.52. The minimum Gasteiger partial charge on any atom is -0.484 e. The number of benzene rings is 1. The number of aromatic nitrogens is 2. The number of nitrogens with two attached hydrogens (primary N) is 1. The summed E-state index contributed by atoms with van der Waals surface area (Å²) in [6.07, 6.45) is 1.24. The predicted octanol–water partition coefficient (Wildman–Crippen LogP) is 2.02. The minimum absolute atomic E-state index is 0.00777. The van der Waals surface area contributed by atoms with Gasteiger partial charge in [-0.2, -0.15) is 15.0 Å². The highest BCUT2D eigenvalue weighted by atomic mass is 35.5. The number of hydrogen-bond donors (Lipinski definition) is 1. The van der Waals surface area contributed by atoms with Crippen LogP contribution in [0.5, 0.6) is 5.75 Å². The lowest BCUT2D eigenvalue weighted by Crippen LogP contribution is -2.22. The van der Waals surface area contributed by atoms with Crippen LogP contribution in [0.15, 0.2) is 24.4 Å². The van der Waals surface area contributed by atoms with E-state index in [0.717, 1.165) is 10.2 Å². The van der Waals surface area contributed by atoms with Gasteiger partial charge in [-0.25, -0.2) is 0 Å². The highest BCUT2D eigenvalue weighted by Crippen LogP contribution is 2.21. The first-order valence-corrected chi connectivity index (χ1v) is 6.06. The van der Waals surface area contributed by atoms with Gasteiger partial charge in [0.2, 0.25) is 0 Å². The van der Waals surface area contributed by atoms with Gasteiger partial charge in [0.15, 0.2) is 6.61 Å². The second-order valence-electron chi connectivity index (χ2n) is 4.06. The van der Waals surface area contributed by atoms with Crippen LogP contribution in [0.3, 0.4) is 0 Å². The van der Waals surface area contributed by atoms with Crippen LogP contribution in [0.1, 0.15) is 15.9 Å². The average Bonchev–Trinajstić information content (AvgIpc) is 2.81. The zero-order valence-electron chi connectivity index (χ0n) is 10.6. The first kappa shape index (κ1) is 13.9. The molecule has 0 saturated carbocycles. The van der Waals surface area contributed by atoms with Gasteiger partial charge in [0.05, 0.1) is 6.20 Å². The Balaban J connectivity index is 2.07. The highest BCUT2D eigenvalue weighted by molar-refractivity contribution is 6.31. The molecule has 6 nitrogen and oxygen atoms in total. The second kappa shape index (κ2) is 5.63. The van der Waals surface area contributed by atoms with E-state index in [-0.39, 0.29) is 18.0 Å². The summed E-state index contributed by atoms with van der Waals surface area (Å²) in [6, 6.07) is 6.92. The van der Waals surface area contributed by atoms with E-state index in [1.807, 2.05) is 13.0 Å². The van der Waals surface area contributed by atoms with Crippen molar-refractivity contribution in [3.8, 4) is 11.8 Å². The molecule has 0 aliphatic heterocycles. The van der Waals surface area contributed by atoms with Crippen molar-refractivity contribution in [3.63, 3.8) is 0 Å². The normalized spacial score (nSPS) is 10.1. The van der Waals surface area contributed by atoms with Crippen molar-refractivity contribution in [1.29, 1.82) is 5.26 Å². The Hall–Kier alpha value is -2.52. The molecule has 0 atom stereocenters. The number of anilines is 1. The summed E-state index contributed by atoms with van der Waals surface area (Å²) >= 11 is 5.89. The number of nitrogens with zero attached hydrogens (tertiary/aromatic N) is 3. The van der Waals surface area contributed by atoms with E-state index < -0.39 is 5.91 Å². The third-order valence-corrected chi connectivity index (χ3v) is 3.08. The van der Waals surface area contributed by atoms with Gasteiger partial charge in [-0.3, -0.25) is 4.79 Å². The van der Waals surface area contributed by atoms with Crippen LogP contribution in [0.2, 0.25) is 5.02 Å². The summed E-state index contributed by atoms with van der Waals surface area (Å²) in [4.78, 5) is 11.9. The molecule has 1 heterocycles. The highest BCUT2D eigenvalue weighted by Gasteiger charge is 2.14. The van der Waals surface area contributed by atoms with E-state index in [1.165, 1.54) is 6.20 Å². The Kier molecular flexibility index (Phi) is 3.91. The molecular weight excluding hydrogens is 280 g/mol. The van der Waals surface area contributed by atoms with E-state index in [4.69, 9.17) is 27.3 Å². The maximum Gasteiger partial charge on any atom is 0.286 e. The smallest absolute Gasteiger partial charge is 0.286 e. The van der Waals surface area contributed by atoms with Gasteiger partial charge in [-0.05, 0) is 30.7 Å². The number of nitriles is 1. The molecule has 20 heavy (non-hydrogen) atoms. The average molecular weight is 291 g/mol. The fourth-order valence-corrected chi connectivity index (χ4v) is 1.67. The molecule has 102 valence electrons. The Bertz CT molecular complexity index is 703. The van der Waals surface area contributed by atoms with E-state index in [2.05, 4.69) is 5.10 Å². The van der Waals surface area contributed by atoms with E-state index in [0.29, 0.717) is 10.8 Å². The molecule has 0 spiro atoms. The van der Waals surface area contributed by atoms with Crippen LogP contribution >= 0.6 is 11.6 Å². The lowest BCUT2D eigenvalue weighted by atomic mass is 10.2. The number of ether oxygens (including phenoxy) is 1. The molecule has 2 rings (SSSR count). The number of hydrogen-bond acceptors (Lipinski definition) is 5. The molecule has 1 aromatic carbocycles. The second-order valence-corrected chi connectivity index (χ2v) is 4.47. The topological polar surface area (TPSA) is 93.9 Å². The molecule has 0 unspecified atom stereocenters. The van der Waals surface area contributed by atoms with Gasteiger partial charge < -0.3 is 10.5 Å². The molecule has 1 aromatic heterocycles. The number of carbonyl (C=O) groups is 1. The van der Waals surface area contributed by atoms with Crippen molar-refractivity contribution in [2.24, 2.45) is 0 Å². The van der Waals surface area contributed by atoms with Crippen molar-refractivity contribution < 1.29 is 9.53 Å². The van der Waals surface area contributed by atoms with E-state index >= 15 is 0 Å². The van der Waals surface area contributed by atoms with Crippen LogP contribution < -0.4 is 10.5 Å². The lowest BCUT2D eigenvalue weighted by molar-refractivity contribution is 0.0824. The SMILES string of the molecule is Cc1cc(OCC(=O)n2ncc(C#N)c2N)ccc1Cl. The van der Waals surface area contributed by atoms with Gasteiger partial charge in [0.25, 0.3) is 5.91 Å². The van der Waals surface area contributed by atoms with Gasteiger partial charge in [-0.15, -0.1) is 0 Å². The third kappa shape index (κ3) is 2.73. The van der Waals surface area contributed by atoms with Gasteiger partial charge in [0.1, 0.15) is 23.2 Å². The molecule has 0 radical (unpaired) electrons. The number of rotatable bonds is 3. The Morgan fingerprint density at radius 3 is 2.95 bits per heavy atom. The van der Waals surface area contributed by atoms with Crippen molar-refractivity contribution >= 4 is 23.3 Å². The minimum atomic E-state index is -0.461. The van der Waals surface area contributed by atoms with Crippen LogP contribution in [0.4, 0.5) is 5.82 Å². The van der Waals surface area contributed by atoms with Gasteiger partial charge >= 0.3 is 0 Å². The zero-order valence-corrected chi connectivity index (χ0v) is 11.4. The quantitative estimate of drug-likeness (QED) is 0.933. The van der Waals surface area contributed by atoms with E-state index in [9.17, 15) is 4.79 Å². The molecule has 0 bridgehead atoms. The van der Waals surface area contributed by atoms with Crippen LogP contribution in [0, 0.1) is 18.3 Å². The fourth-order valence-electron chi connectivity index (χ4n) is 1.56. The molecule has 0 aliphatic carbocycles. The van der Waals surface area contributed by atoms with Crippen LogP contribution in [-0.4, -0.2) is 22.3 Å². The third-order valence-electron chi connectivity index (χ3n) is 2.65. The number of nitrogen functional groups attached to an aromatic ring is 1. The molecule has 0 amide bonds. The number of halogens is 1. The van der Waals surface area contributed by atoms with Crippen molar-refractivity contribution in [2.75, 3.05) is 12.3 Å². The molecule has 7 heteroatoms. The number of aryl methyl sites for hydroxylation is 1. The Morgan fingerprint density at radius 1 is 1.60 bits per heavy atom. The molecule has 2 aromatic rings. The molecule has 2 N–H and O–H groups in total. The Morgan fingerprint density at radius 2 is 2.35 bits per heavy atom. The summed E-state index contributed by atoms with van der Waals surface area (Å²) in [5.74, 6) is 0.0662. The molecule has 0 saturated heterocycles. The van der Waals surface area contributed by atoms with Crippen molar-refractivity contribution in [3.05, 3.63) is 40.5 Å². The summed E-state index contributed by atoms with van der Waals surface area (Å²) in [6.45, 7) is 1.60. The number of carbonyl (C=O) groups excluding carboxylic acids is 1. The van der Waals surface area contributed by atoms with Crippen LogP contribution in [-0.2, 0) is 0 Å². The van der Waals surface area contributed by atoms with Gasteiger partial charge in [-0.1, -0.05) is 11.6 Å². The first-order valence-electron chi connectivity index (χ1n) is 5.68.